The van der Waals surface area contributed by atoms with Gasteiger partial charge in [0.25, 0.3) is 0 Å². The topological polar surface area (TPSA) is 24.9 Å². The molecular formula is C13H17BrN2S. The maximum absolute atomic E-state index is 4.65. The molecule has 1 aromatic carbocycles. The largest absolute Gasteiger partial charge is 0.315 e. The lowest BCUT2D eigenvalue weighted by Gasteiger charge is -2.05. The normalized spacial score (nSPS) is 11.5. The van der Waals surface area contributed by atoms with Crippen LogP contribution in [-0.4, -0.2) is 17.6 Å². The van der Waals surface area contributed by atoms with Crippen LogP contribution in [0.5, 0.6) is 0 Å². The number of hydrogen-bond acceptors (Lipinski definition) is 3. The molecule has 0 radical (unpaired) electrons. The second-order valence-corrected chi connectivity index (χ2v) is 6.46. The Bertz CT molecular complexity index is 493. The van der Waals surface area contributed by atoms with Crippen LogP contribution >= 0.6 is 27.3 Å². The van der Waals surface area contributed by atoms with Crippen molar-refractivity contribution in [3.63, 3.8) is 0 Å². The molecule has 2 aromatic rings. The maximum atomic E-state index is 4.65. The third kappa shape index (κ3) is 3.76. The van der Waals surface area contributed by atoms with Crippen LogP contribution in [0.1, 0.15) is 25.3 Å². The van der Waals surface area contributed by atoms with E-state index in [1.54, 1.807) is 11.3 Å². The molecule has 0 fully saturated rings. The van der Waals surface area contributed by atoms with Crippen molar-refractivity contribution in [2.45, 2.75) is 32.7 Å². The van der Waals surface area contributed by atoms with E-state index in [9.17, 15) is 0 Å². The summed E-state index contributed by atoms with van der Waals surface area (Å²) in [7, 11) is 0. The minimum atomic E-state index is 0.571. The summed E-state index contributed by atoms with van der Waals surface area (Å²) in [5.74, 6) is 0. The van der Waals surface area contributed by atoms with Crippen LogP contribution in [0.4, 0.5) is 0 Å². The molecule has 1 aromatic heterocycles. The molecule has 1 N–H and O–H groups in total. The van der Waals surface area contributed by atoms with Crippen LogP contribution < -0.4 is 5.32 Å². The number of aryl methyl sites for hydroxylation is 1. The second kappa shape index (κ2) is 5.94. The molecule has 0 spiro atoms. The van der Waals surface area contributed by atoms with Gasteiger partial charge in [-0.2, -0.15) is 0 Å². The fourth-order valence-corrected chi connectivity index (χ4v) is 3.02. The van der Waals surface area contributed by atoms with E-state index in [1.165, 1.54) is 9.71 Å². The minimum Gasteiger partial charge on any atom is -0.315 e. The van der Waals surface area contributed by atoms with E-state index in [0.29, 0.717) is 6.04 Å². The highest BCUT2D eigenvalue weighted by molar-refractivity contribution is 9.10. The molecule has 0 aliphatic carbocycles. The van der Waals surface area contributed by atoms with Crippen molar-refractivity contribution in [1.29, 1.82) is 0 Å². The molecule has 0 bridgehead atoms. The first-order valence-electron chi connectivity index (χ1n) is 5.93. The Hall–Kier alpha value is -0.450. The third-order valence-electron chi connectivity index (χ3n) is 2.51. The van der Waals surface area contributed by atoms with Gasteiger partial charge < -0.3 is 5.32 Å². The Morgan fingerprint density at radius 1 is 1.41 bits per heavy atom. The lowest BCUT2D eigenvalue weighted by molar-refractivity contribution is 0.570. The number of aromatic nitrogens is 1. The SMILES string of the molecule is CC(C)NCCCc1nc2cc(Br)ccc2s1. The molecule has 4 heteroatoms. The summed E-state index contributed by atoms with van der Waals surface area (Å²) in [5, 5.41) is 4.67. The lowest BCUT2D eigenvalue weighted by atomic mass is 10.3. The molecule has 0 unspecified atom stereocenters. The quantitative estimate of drug-likeness (QED) is 0.844. The summed E-state index contributed by atoms with van der Waals surface area (Å²) < 4.78 is 2.38. The zero-order valence-electron chi connectivity index (χ0n) is 10.2. The zero-order chi connectivity index (χ0) is 12.3. The average Bonchev–Trinajstić information content (AvgIpc) is 2.66. The van der Waals surface area contributed by atoms with Gasteiger partial charge in [0.15, 0.2) is 0 Å². The van der Waals surface area contributed by atoms with Crippen molar-refractivity contribution < 1.29 is 0 Å². The van der Waals surface area contributed by atoms with Gasteiger partial charge in [0.05, 0.1) is 15.2 Å². The van der Waals surface area contributed by atoms with Crippen LogP contribution in [0, 0.1) is 0 Å². The smallest absolute Gasteiger partial charge is 0.0939 e. The number of benzene rings is 1. The second-order valence-electron chi connectivity index (χ2n) is 4.43. The number of hydrogen-bond donors (Lipinski definition) is 1. The number of thiazole rings is 1. The molecule has 0 aliphatic heterocycles. The number of halogens is 1. The van der Waals surface area contributed by atoms with Gasteiger partial charge in [0, 0.05) is 16.9 Å². The molecular weight excluding hydrogens is 296 g/mol. The minimum absolute atomic E-state index is 0.571. The number of nitrogens with one attached hydrogen (secondary N) is 1. The highest BCUT2D eigenvalue weighted by Crippen LogP contribution is 2.25. The number of nitrogens with zero attached hydrogens (tertiary/aromatic N) is 1. The fraction of sp³-hybridized carbons (Fsp3) is 0.462. The molecule has 92 valence electrons. The summed E-state index contributed by atoms with van der Waals surface area (Å²) in [6.07, 6.45) is 2.22. The Morgan fingerprint density at radius 3 is 3.00 bits per heavy atom. The van der Waals surface area contributed by atoms with Crippen molar-refractivity contribution in [3.05, 3.63) is 27.7 Å². The van der Waals surface area contributed by atoms with Gasteiger partial charge in [-0.05, 0) is 31.2 Å². The molecule has 2 nitrogen and oxygen atoms in total. The van der Waals surface area contributed by atoms with Gasteiger partial charge in [-0.15, -0.1) is 11.3 Å². The van der Waals surface area contributed by atoms with E-state index in [-0.39, 0.29) is 0 Å². The van der Waals surface area contributed by atoms with E-state index in [1.807, 2.05) is 0 Å². The summed E-state index contributed by atoms with van der Waals surface area (Å²) in [6.45, 7) is 5.42. The van der Waals surface area contributed by atoms with Crippen LogP contribution in [0.25, 0.3) is 10.2 Å². The molecule has 17 heavy (non-hydrogen) atoms. The molecule has 0 saturated heterocycles. The van der Waals surface area contributed by atoms with E-state index in [2.05, 4.69) is 58.3 Å². The third-order valence-corrected chi connectivity index (χ3v) is 4.10. The van der Waals surface area contributed by atoms with Crippen LogP contribution in [0.3, 0.4) is 0 Å². The van der Waals surface area contributed by atoms with Crippen molar-refractivity contribution >= 4 is 37.5 Å². The summed E-state index contributed by atoms with van der Waals surface area (Å²) in [5.41, 5.74) is 1.11. The molecule has 0 saturated carbocycles. The van der Waals surface area contributed by atoms with Crippen molar-refractivity contribution in [2.24, 2.45) is 0 Å². The zero-order valence-corrected chi connectivity index (χ0v) is 12.6. The Balaban J connectivity index is 1.95. The molecule has 0 aliphatic rings. The summed E-state index contributed by atoms with van der Waals surface area (Å²) in [6, 6.07) is 6.86. The average molecular weight is 313 g/mol. The fourth-order valence-electron chi connectivity index (χ4n) is 1.69. The predicted molar refractivity (Wildman–Crippen MR) is 78.8 cm³/mol. The first kappa shape index (κ1) is 13.0. The van der Waals surface area contributed by atoms with E-state index in [4.69, 9.17) is 0 Å². The summed E-state index contributed by atoms with van der Waals surface area (Å²) >= 11 is 5.28. The Morgan fingerprint density at radius 2 is 2.24 bits per heavy atom. The van der Waals surface area contributed by atoms with Crippen molar-refractivity contribution in [1.82, 2.24) is 10.3 Å². The van der Waals surface area contributed by atoms with Crippen LogP contribution in [0.15, 0.2) is 22.7 Å². The van der Waals surface area contributed by atoms with Gasteiger partial charge in [-0.25, -0.2) is 4.98 Å². The van der Waals surface area contributed by atoms with Gasteiger partial charge in [0.2, 0.25) is 0 Å². The molecule has 1 heterocycles. The molecule has 0 atom stereocenters. The first-order chi connectivity index (χ1) is 8.15. The van der Waals surface area contributed by atoms with Gasteiger partial charge in [0.1, 0.15) is 0 Å². The van der Waals surface area contributed by atoms with Crippen molar-refractivity contribution in [2.75, 3.05) is 6.54 Å². The van der Waals surface area contributed by atoms with Crippen LogP contribution in [0.2, 0.25) is 0 Å². The van der Waals surface area contributed by atoms with E-state index >= 15 is 0 Å². The number of rotatable bonds is 5. The number of fused-ring (bicyclic) bond motifs is 1. The maximum Gasteiger partial charge on any atom is 0.0939 e. The van der Waals surface area contributed by atoms with Crippen LogP contribution in [-0.2, 0) is 6.42 Å². The molecule has 2 rings (SSSR count). The Kier molecular flexibility index (Phi) is 4.54. The van der Waals surface area contributed by atoms with Gasteiger partial charge >= 0.3 is 0 Å². The lowest BCUT2D eigenvalue weighted by Crippen LogP contribution is -2.23. The molecule has 0 amide bonds. The van der Waals surface area contributed by atoms with Gasteiger partial charge in [-0.3, -0.25) is 0 Å². The van der Waals surface area contributed by atoms with E-state index in [0.717, 1.165) is 29.4 Å². The standard InChI is InChI=1S/C13H17BrN2S/c1-9(2)15-7-3-4-13-16-11-8-10(14)5-6-12(11)17-13/h5-6,8-9,15H,3-4,7H2,1-2H3. The van der Waals surface area contributed by atoms with Crippen molar-refractivity contribution in [3.8, 4) is 0 Å². The van der Waals surface area contributed by atoms with Gasteiger partial charge in [-0.1, -0.05) is 29.8 Å². The Labute approximate surface area is 115 Å². The highest BCUT2D eigenvalue weighted by Gasteiger charge is 2.04. The first-order valence-corrected chi connectivity index (χ1v) is 7.54. The predicted octanol–water partition coefficient (Wildman–Crippen LogP) is 3.99. The monoisotopic (exact) mass is 312 g/mol. The van der Waals surface area contributed by atoms with E-state index < -0.39 is 0 Å². The highest BCUT2D eigenvalue weighted by atomic mass is 79.9. The summed E-state index contributed by atoms with van der Waals surface area (Å²) in [4.78, 5) is 4.65.